The zero-order valence-electron chi connectivity index (χ0n) is 13.4. The molecule has 0 saturated carbocycles. The van der Waals surface area contributed by atoms with E-state index in [1.165, 1.54) is 13.2 Å². The lowest BCUT2D eigenvalue weighted by Crippen LogP contribution is -2.09. The molecule has 4 heteroatoms. The van der Waals surface area contributed by atoms with Gasteiger partial charge in [0, 0.05) is 11.8 Å². The lowest BCUT2D eigenvalue weighted by atomic mass is 10.1. The lowest BCUT2D eigenvalue weighted by molar-refractivity contribution is -0.111. The molecule has 23 heavy (non-hydrogen) atoms. The largest absolute Gasteiger partial charge is 0.465 e. The minimum Gasteiger partial charge on any atom is -0.465 e. The van der Waals surface area contributed by atoms with Gasteiger partial charge in [-0.2, -0.15) is 0 Å². The monoisotopic (exact) mass is 309 g/mol. The van der Waals surface area contributed by atoms with Crippen LogP contribution in [0.3, 0.4) is 0 Å². The number of rotatable bonds is 4. The molecule has 1 N–H and O–H groups in total. The first-order chi connectivity index (χ1) is 11.0. The Balaban J connectivity index is 2.03. The Bertz CT molecular complexity index is 746. The van der Waals surface area contributed by atoms with E-state index in [1.807, 2.05) is 32.0 Å². The van der Waals surface area contributed by atoms with Gasteiger partial charge >= 0.3 is 5.97 Å². The number of anilines is 1. The highest BCUT2D eigenvalue weighted by molar-refractivity contribution is 6.02. The predicted molar refractivity (Wildman–Crippen MR) is 91.4 cm³/mol. The summed E-state index contributed by atoms with van der Waals surface area (Å²) in [5.74, 6) is -0.580. The van der Waals surface area contributed by atoms with Crippen molar-refractivity contribution < 1.29 is 14.3 Å². The van der Waals surface area contributed by atoms with Crippen molar-refractivity contribution in [3.05, 3.63) is 70.8 Å². The van der Waals surface area contributed by atoms with Crippen LogP contribution in [0.2, 0.25) is 0 Å². The van der Waals surface area contributed by atoms with E-state index in [0.29, 0.717) is 5.56 Å². The van der Waals surface area contributed by atoms with Crippen LogP contribution in [0.5, 0.6) is 0 Å². The van der Waals surface area contributed by atoms with Gasteiger partial charge in [0.15, 0.2) is 0 Å². The maximum atomic E-state index is 12.0. The SMILES string of the molecule is COC(=O)c1ccc(/C=C/C(=O)Nc2cccc(C)c2C)cc1. The molecule has 0 bridgehead atoms. The third-order valence-electron chi connectivity index (χ3n) is 3.62. The van der Waals surface area contributed by atoms with Crippen molar-refractivity contribution in [3.8, 4) is 0 Å². The highest BCUT2D eigenvalue weighted by Crippen LogP contribution is 2.18. The van der Waals surface area contributed by atoms with Crippen LogP contribution < -0.4 is 5.32 Å². The molecule has 0 aliphatic rings. The van der Waals surface area contributed by atoms with Gasteiger partial charge in [-0.1, -0.05) is 24.3 Å². The average molecular weight is 309 g/mol. The molecule has 0 unspecified atom stereocenters. The smallest absolute Gasteiger partial charge is 0.337 e. The number of nitrogens with one attached hydrogen (secondary N) is 1. The summed E-state index contributed by atoms with van der Waals surface area (Å²) < 4.78 is 4.64. The topological polar surface area (TPSA) is 55.4 Å². The zero-order valence-corrected chi connectivity index (χ0v) is 13.4. The van der Waals surface area contributed by atoms with Crippen molar-refractivity contribution in [1.29, 1.82) is 0 Å². The number of esters is 1. The molecule has 0 aliphatic heterocycles. The normalized spacial score (nSPS) is 10.6. The van der Waals surface area contributed by atoms with Gasteiger partial charge in [0.25, 0.3) is 0 Å². The number of hydrogen-bond acceptors (Lipinski definition) is 3. The molecule has 2 aromatic carbocycles. The van der Waals surface area contributed by atoms with Crippen molar-refractivity contribution in [2.45, 2.75) is 13.8 Å². The van der Waals surface area contributed by atoms with E-state index in [0.717, 1.165) is 22.4 Å². The van der Waals surface area contributed by atoms with Crippen LogP contribution in [-0.2, 0) is 9.53 Å². The van der Waals surface area contributed by atoms with Crippen LogP contribution in [0.1, 0.15) is 27.0 Å². The lowest BCUT2D eigenvalue weighted by Gasteiger charge is -2.08. The summed E-state index contributed by atoms with van der Waals surface area (Å²) in [6.45, 7) is 3.98. The minimum atomic E-state index is -0.381. The van der Waals surface area contributed by atoms with Crippen molar-refractivity contribution in [3.63, 3.8) is 0 Å². The number of ether oxygens (including phenoxy) is 1. The fraction of sp³-hybridized carbons (Fsp3) is 0.158. The predicted octanol–water partition coefficient (Wildman–Crippen LogP) is 3.74. The summed E-state index contributed by atoms with van der Waals surface area (Å²) in [6, 6.07) is 12.6. The van der Waals surface area contributed by atoms with Crippen LogP contribution in [0.4, 0.5) is 5.69 Å². The van der Waals surface area contributed by atoms with Gasteiger partial charge in [-0.25, -0.2) is 4.79 Å². The average Bonchev–Trinajstić information content (AvgIpc) is 2.57. The number of aryl methyl sites for hydroxylation is 1. The summed E-state index contributed by atoms with van der Waals surface area (Å²) in [6.07, 6.45) is 3.16. The fourth-order valence-electron chi connectivity index (χ4n) is 2.08. The van der Waals surface area contributed by atoms with E-state index in [4.69, 9.17) is 0 Å². The fourth-order valence-corrected chi connectivity index (χ4v) is 2.08. The summed E-state index contributed by atoms with van der Waals surface area (Å²) in [5, 5.41) is 2.86. The standard InChI is InChI=1S/C19H19NO3/c1-13-5-4-6-17(14(13)2)20-18(21)12-9-15-7-10-16(11-8-15)19(22)23-3/h4-12H,1-3H3,(H,20,21)/b12-9+. The van der Waals surface area contributed by atoms with Crippen LogP contribution in [0, 0.1) is 13.8 Å². The number of amides is 1. The minimum absolute atomic E-state index is 0.198. The van der Waals surface area contributed by atoms with Gasteiger partial charge in [-0.3, -0.25) is 4.79 Å². The Labute approximate surface area is 135 Å². The van der Waals surface area contributed by atoms with Crippen LogP contribution in [-0.4, -0.2) is 19.0 Å². The zero-order chi connectivity index (χ0) is 16.8. The molecule has 0 aliphatic carbocycles. The van der Waals surface area contributed by atoms with Gasteiger partial charge in [0.1, 0.15) is 0 Å². The van der Waals surface area contributed by atoms with Gasteiger partial charge in [-0.05, 0) is 54.8 Å². The molecule has 0 atom stereocenters. The molecule has 1 amide bonds. The Hall–Kier alpha value is -2.88. The summed E-state index contributed by atoms with van der Waals surface area (Å²) in [7, 11) is 1.34. The van der Waals surface area contributed by atoms with E-state index >= 15 is 0 Å². The first-order valence-corrected chi connectivity index (χ1v) is 7.25. The second-order valence-corrected chi connectivity index (χ2v) is 5.18. The maximum Gasteiger partial charge on any atom is 0.337 e. The second-order valence-electron chi connectivity index (χ2n) is 5.18. The number of benzene rings is 2. The highest BCUT2D eigenvalue weighted by atomic mass is 16.5. The molecule has 0 radical (unpaired) electrons. The number of hydrogen-bond donors (Lipinski definition) is 1. The van der Waals surface area contributed by atoms with Crippen molar-refractivity contribution in [2.75, 3.05) is 12.4 Å². The quantitative estimate of drug-likeness (QED) is 0.691. The van der Waals surface area contributed by atoms with Gasteiger partial charge in [-0.15, -0.1) is 0 Å². The highest BCUT2D eigenvalue weighted by Gasteiger charge is 2.04. The van der Waals surface area contributed by atoms with Crippen LogP contribution in [0.15, 0.2) is 48.5 Å². The molecule has 0 saturated heterocycles. The first-order valence-electron chi connectivity index (χ1n) is 7.25. The van der Waals surface area contributed by atoms with Crippen molar-refractivity contribution >= 4 is 23.6 Å². The number of methoxy groups -OCH3 is 1. The molecule has 118 valence electrons. The van der Waals surface area contributed by atoms with Crippen LogP contribution >= 0.6 is 0 Å². The molecule has 0 aromatic heterocycles. The molecule has 2 aromatic rings. The van der Waals surface area contributed by atoms with Crippen molar-refractivity contribution in [2.24, 2.45) is 0 Å². The van der Waals surface area contributed by atoms with Gasteiger partial charge < -0.3 is 10.1 Å². The molecule has 0 heterocycles. The third-order valence-corrected chi connectivity index (χ3v) is 3.62. The molecule has 0 fully saturated rings. The molecule has 0 spiro atoms. The Morgan fingerprint density at radius 2 is 1.74 bits per heavy atom. The molecule has 4 nitrogen and oxygen atoms in total. The van der Waals surface area contributed by atoms with Gasteiger partial charge in [0.2, 0.25) is 5.91 Å². The van der Waals surface area contributed by atoms with Crippen LogP contribution in [0.25, 0.3) is 6.08 Å². The molecule has 2 rings (SSSR count). The van der Waals surface area contributed by atoms with Gasteiger partial charge in [0.05, 0.1) is 12.7 Å². The second kappa shape index (κ2) is 7.40. The number of carbonyl (C=O) groups excluding carboxylic acids is 2. The third kappa shape index (κ3) is 4.30. The number of carbonyl (C=O) groups is 2. The first kappa shape index (κ1) is 16.5. The Morgan fingerprint density at radius 3 is 2.39 bits per heavy atom. The van der Waals surface area contributed by atoms with E-state index < -0.39 is 0 Å². The Morgan fingerprint density at radius 1 is 1.04 bits per heavy atom. The summed E-state index contributed by atoms with van der Waals surface area (Å²) >= 11 is 0. The Kier molecular flexibility index (Phi) is 5.31. The molecular weight excluding hydrogens is 290 g/mol. The summed E-state index contributed by atoms with van der Waals surface area (Å²) in [4.78, 5) is 23.3. The van der Waals surface area contributed by atoms with E-state index in [1.54, 1.807) is 30.3 Å². The van der Waals surface area contributed by atoms with E-state index in [2.05, 4.69) is 10.1 Å². The molecular formula is C19H19NO3. The van der Waals surface area contributed by atoms with E-state index in [9.17, 15) is 9.59 Å². The maximum absolute atomic E-state index is 12.0. The summed E-state index contributed by atoms with van der Waals surface area (Å²) in [5.41, 5.74) is 4.29. The van der Waals surface area contributed by atoms with Crippen molar-refractivity contribution in [1.82, 2.24) is 0 Å². The van der Waals surface area contributed by atoms with E-state index in [-0.39, 0.29) is 11.9 Å².